The third kappa shape index (κ3) is 2.42. The highest BCUT2D eigenvalue weighted by atomic mass is 16.1. The third-order valence-electron chi connectivity index (χ3n) is 3.25. The first-order chi connectivity index (χ1) is 7.66. The van der Waals surface area contributed by atoms with E-state index in [4.69, 9.17) is 5.73 Å². The molecule has 0 saturated carbocycles. The predicted molar refractivity (Wildman–Crippen MR) is 64.0 cm³/mol. The van der Waals surface area contributed by atoms with Crippen LogP contribution in [0.25, 0.3) is 0 Å². The minimum absolute atomic E-state index is 0.0938. The lowest BCUT2D eigenvalue weighted by Gasteiger charge is -2.14. The number of primary amides is 1. The Morgan fingerprint density at radius 1 is 1.44 bits per heavy atom. The number of rotatable bonds is 4. The topological polar surface area (TPSA) is 55.1 Å². The van der Waals surface area contributed by atoms with Crippen LogP contribution in [-0.2, 0) is 17.6 Å². The number of benzene rings is 1. The first-order valence-electron chi connectivity index (χ1n) is 5.76. The van der Waals surface area contributed by atoms with E-state index in [0.29, 0.717) is 12.6 Å². The zero-order valence-corrected chi connectivity index (χ0v) is 9.57. The zero-order chi connectivity index (χ0) is 11.5. The van der Waals surface area contributed by atoms with E-state index >= 15 is 0 Å². The molecule has 3 nitrogen and oxygen atoms in total. The van der Waals surface area contributed by atoms with E-state index in [0.717, 1.165) is 12.8 Å². The summed E-state index contributed by atoms with van der Waals surface area (Å²) in [4.78, 5) is 10.9. The average Bonchev–Trinajstić information content (AvgIpc) is 2.68. The Hall–Kier alpha value is -1.35. The van der Waals surface area contributed by atoms with Gasteiger partial charge in [-0.1, -0.05) is 31.2 Å². The van der Waals surface area contributed by atoms with Crippen LogP contribution >= 0.6 is 0 Å². The molecule has 1 aliphatic rings. The van der Waals surface area contributed by atoms with Crippen molar-refractivity contribution < 1.29 is 4.79 Å². The minimum Gasteiger partial charge on any atom is -0.369 e. The smallest absolute Gasteiger partial charge is 0.221 e. The molecule has 3 N–H and O–H groups in total. The lowest BCUT2D eigenvalue weighted by molar-refractivity contribution is -0.121. The summed E-state index contributed by atoms with van der Waals surface area (Å²) in [6.07, 6.45) is 2.11. The lowest BCUT2D eigenvalue weighted by atomic mass is 10.1. The fourth-order valence-corrected chi connectivity index (χ4v) is 2.15. The van der Waals surface area contributed by atoms with Gasteiger partial charge < -0.3 is 11.1 Å². The van der Waals surface area contributed by atoms with Crippen LogP contribution in [0.1, 0.15) is 18.1 Å². The van der Waals surface area contributed by atoms with Gasteiger partial charge in [0.25, 0.3) is 0 Å². The second-order valence-corrected chi connectivity index (χ2v) is 4.59. The summed E-state index contributed by atoms with van der Waals surface area (Å²) >= 11 is 0. The number of amides is 1. The van der Waals surface area contributed by atoms with Crippen molar-refractivity contribution in [1.29, 1.82) is 0 Å². The van der Waals surface area contributed by atoms with E-state index in [9.17, 15) is 4.79 Å². The van der Waals surface area contributed by atoms with Crippen LogP contribution in [0.15, 0.2) is 24.3 Å². The first kappa shape index (κ1) is 11.1. The van der Waals surface area contributed by atoms with Crippen molar-refractivity contribution in [1.82, 2.24) is 5.32 Å². The number of nitrogens with two attached hydrogens (primary N) is 1. The largest absolute Gasteiger partial charge is 0.369 e. The van der Waals surface area contributed by atoms with Crippen LogP contribution in [0.5, 0.6) is 0 Å². The predicted octanol–water partition coefficient (Wildman–Crippen LogP) is 0.865. The summed E-state index contributed by atoms with van der Waals surface area (Å²) in [5.41, 5.74) is 8.07. The van der Waals surface area contributed by atoms with Gasteiger partial charge >= 0.3 is 0 Å². The Morgan fingerprint density at radius 2 is 2.00 bits per heavy atom. The monoisotopic (exact) mass is 218 g/mol. The molecular formula is C13H18N2O. The van der Waals surface area contributed by atoms with Gasteiger partial charge in [-0.3, -0.25) is 4.79 Å². The lowest BCUT2D eigenvalue weighted by Crippen LogP contribution is -2.37. The molecule has 0 aromatic heterocycles. The van der Waals surface area contributed by atoms with E-state index in [2.05, 4.69) is 29.6 Å². The summed E-state index contributed by atoms with van der Waals surface area (Å²) in [6, 6.07) is 8.96. The molecule has 0 bridgehead atoms. The molecular weight excluding hydrogens is 200 g/mol. The molecule has 1 unspecified atom stereocenters. The number of nitrogens with one attached hydrogen (secondary N) is 1. The summed E-state index contributed by atoms with van der Waals surface area (Å²) in [6.45, 7) is 2.53. The van der Waals surface area contributed by atoms with E-state index in [-0.39, 0.29) is 11.8 Å². The molecule has 3 heteroatoms. The number of hydrogen-bond acceptors (Lipinski definition) is 2. The SMILES string of the molecule is CC(CNC1Cc2ccccc2C1)C(N)=O. The molecule has 1 amide bonds. The zero-order valence-electron chi connectivity index (χ0n) is 9.57. The Kier molecular flexibility index (Phi) is 3.25. The third-order valence-corrected chi connectivity index (χ3v) is 3.25. The molecule has 0 fully saturated rings. The molecule has 0 heterocycles. The molecule has 1 aromatic carbocycles. The Balaban J connectivity index is 1.86. The Labute approximate surface area is 96.0 Å². The quantitative estimate of drug-likeness (QED) is 0.787. The Morgan fingerprint density at radius 3 is 2.50 bits per heavy atom. The van der Waals surface area contributed by atoms with Gasteiger partial charge in [0.15, 0.2) is 0 Å². The standard InChI is InChI=1S/C13H18N2O/c1-9(13(14)16)8-15-12-6-10-4-2-3-5-11(10)7-12/h2-5,9,12,15H,6-8H2,1H3,(H2,14,16). The van der Waals surface area contributed by atoms with E-state index in [1.54, 1.807) is 0 Å². The average molecular weight is 218 g/mol. The molecule has 1 aromatic rings. The van der Waals surface area contributed by atoms with Gasteiger partial charge in [0.05, 0.1) is 0 Å². The molecule has 16 heavy (non-hydrogen) atoms. The van der Waals surface area contributed by atoms with Crippen molar-refractivity contribution in [2.45, 2.75) is 25.8 Å². The second-order valence-electron chi connectivity index (χ2n) is 4.59. The number of fused-ring (bicyclic) bond motifs is 1. The van der Waals surface area contributed by atoms with Gasteiger partial charge in [-0.2, -0.15) is 0 Å². The van der Waals surface area contributed by atoms with Crippen LogP contribution in [0.4, 0.5) is 0 Å². The van der Waals surface area contributed by atoms with Crippen LogP contribution < -0.4 is 11.1 Å². The molecule has 1 aliphatic carbocycles. The van der Waals surface area contributed by atoms with Gasteiger partial charge in [0, 0.05) is 18.5 Å². The Bertz CT molecular complexity index is 364. The van der Waals surface area contributed by atoms with Crippen molar-refractivity contribution in [3.05, 3.63) is 35.4 Å². The normalized spacial score (nSPS) is 17.1. The molecule has 0 spiro atoms. The number of carbonyl (C=O) groups is 1. The summed E-state index contributed by atoms with van der Waals surface area (Å²) in [7, 11) is 0. The van der Waals surface area contributed by atoms with Gasteiger partial charge in [-0.15, -0.1) is 0 Å². The minimum atomic E-state index is -0.233. The van der Waals surface area contributed by atoms with Crippen LogP contribution in [0.3, 0.4) is 0 Å². The van der Waals surface area contributed by atoms with Crippen molar-refractivity contribution in [2.24, 2.45) is 11.7 Å². The molecule has 0 radical (unpaired) electrons. The number of hydrogen-bond donors (Lipinski definition) is 2. The van der Waals surface area contributed by atoms with Crippen molar-refractivity contribution in [3.63, 3.8) is 0 Å². The van der Waals surface area contributed by atoms with Gasteiger partial charge in [-0.25, -0.2) is 0 Å². The highest BCUT2D eigenvalue weighted by Crippen LogP contribution is 2.21. The van der Waals surface area contributed by atoms with Crippen molar-refractivity contribution in [2.75, 3.05) is 6.54 Å². The summed E-state index contributed by atoms with van der Waals surface area (Å²) in [5, 5.41) is 3.41. The molecule has 0 aliphatic heterocycles. The molecule has 0 saturated heterocycles. The molecule has 2 rings (SSSR count). The molecule has 86 valence electrons. The summed E-state index contributed by atoms with van der Waals surface area (Å²) in [5.74, 6) is -0.327. The van der Waals surface area contributed by atoms with Gasteiger partial charge in [0.2, 0.25) is 5.91 Å². The maximum Gasteiger partial charge on any atom is 0.221 e. The fourth-order valence-electron chi connectivity index (χ4n) is 2.15. The van der Waals surface area contributed by atoms with Crippen molar-refractivity contribution in [3.8, 4) is 0 Å². The first-order valence-corrected chi connectivity index (χ1v) is 5.76. The highest BCUT2D eigenvalue weighted by Gasteiger charge is 2.21. The van der Waals surface area contributed by atoms with Crippen LogP contribution in [0.2, 0.25) is 0 Å². The fraction of sp³-hybridized carbons (Fsp3) is 0.462. The van der Waals surface area contributed by atoms with Gasteiger partial charge in [-0.05, 0) is 24.0 Å². The van der Waals surface area contributed by atoms with E-state index in [1.165, 1.54) is 11.1 Å². The van der Waals surface area contributed by atoms with Crippen LogP contribution in [-0.4, -0.2) is 18.5 Å². The highest BCUT2D eigenvalue weighted by molar-refractivity contribution is 5.76. The van der Waals surface area contributed by atoms with E-state index in [1.807, 2.05) is 6.92 Å². The number of carbonyl (C=O) groups excluding carboxylic acids is 1. The van der Waals surface area contributed by atoms with E-state index < -0.39 is 0 Å². The second kappa shape index (κ2) is 4.66. The van der Waals surface area contributed by atoms with Gasteiger partial charge in [0.1, 0.15) is 0 Å². The van der Waals surface area contributed by atoms with Crippen LogP contribution in [0, 0.1) is 5.92 Å². The maximum absolute atomic E-state index is 10.9. The maximum atomic E-state index is 10.9. The van der Waals surface area contributed by atoms with Crippen molar-refractivity contribution >= 4 is 5.91 Å². The molecule has 1 atom stereocenters. The summed E-state index contributed by atoms with van der Waals surface area (Å²) < 4.78 is 0.